The molecule has 0 saturated heterocycles. The molecule has 4 nitrogen and oxygen atoms in total. The second-order valence-electron chi connectivity index (χ2n) is 4.99. The molecule has 5 heteroatoms. The van der Waals surface area contributed by atoms with E-state index in [1.165, 1.54) is 18.4 Å². The lowest BCUT2D eigenvalue weighted by Gasteiger charge is -2.11. The molecular formula is C16H18O4S. The van der Waals surface area contributed by atoms with E-state index in [0.717, 1.165) is 5.75 Å². The number of rotatable bonds is 5. The lowest BCUT2D eigenvalue weighted by atomic mass is 10.3. The van der Waals surface area contributed by atoms with Gasteiger partial charge in [-0.25, -0.2) is 8.42 Å². The average Bonchev–Trinajstić information content (AvgIpc) is 2.38. The third kappa shape index (κ3) is 4.49. The third-order valence-electron chi connectivity index (χ3n) is 2.66. The highest BCUT2D eigenvalue weighted by molar-refractivity contribution is 7.90. The average molecular weight is 306 g/mol. The summed E-state index contributed by atoms with van der Waals surface area (Å²) in [6, 6.07) is 13.6. The van der Waals surface area contributed by atoms with Gasteiger partial charge in [-0.15, -0.1) is 0 Å². The van der Waals surface area contributed by atoms with Gasteiger partial charge in [0, 0.05) is 12.3 Å². The molecule has 2 aromatic rings. The lowest BCUT2D eigenvalue weighted by molar-refractivity contribution is 0.241. The molecule has 0 N–H and O–H groups in total. The summed E-state index contributed by atoms with van der Waals surface area (Å²) >= 11 is 0. The first-order valence-corrected chi connectivity index (χ1v) is 8.48. The van der Waals surface area contributed by atoms with E-state index in [2.05, 4.69) is 0 Å². The molecular weight excluding hydrogens is 288 g/mol. The Balaban J connectivity index is 2.15. The van der Waals surface area contributed by atoms with Crippen LogP contribution in [0.1, 0.15) is 13.8 Å². The van der Waals surface area contributed by atoms with Crippen LogP contribution in [-0.2, 0) is 9.84 Å². The Morgan fingerprint density at radius 3 is 2.10 bits per heavy atom. The van der Waals surface area contributed by atoms with Gasteiger partial charge in [0.2, 0.25) is 0 Å². The molecule has 2 aromatic carbocycles. The third-order valence-corrected chi connectivity index (χ3v) is 3.79. The van der Waals surface area contributed by atoms with Crippen molar-refractivity contribution in [1.82, 2.24) is 0 Å². The highest BCUT2D eigenvalue weighted by atomic mass is 32.2. The number of hydrogen-bond donors (Lipinski definition) is 0. The summed E-state index contributed by atoms with van der Waals surface area (Å²) < 4.78 is 34.1. The molecule has 0 bridgehead atoms. The van der Waals surface area contributed by atoms with Gasteiger partial charge in [0.05, 0.1) is 11.0 Å². The summed E-state index contributed by atoms with van der Waals surface area (Å²) in [5.41, 5.74) is 0. The predicted octanol–water partition coefficient (Wildman–Crippen LogP) is 3.67. The lowest BCUT2D eigenvalue weighted by Crippen LogP contribution is -2.05. The Bertz CT molecular complexity index is 703. The zero-order valence-electron chi connectivity index (χ0n) is 12.2. The minimum absolute atomic E-state index is 0.0919. The molecule has 0 saturated carbocycles. The van der Waals surface area contributed by atoms with Gasteiger partial charge in [0.25, 0.3) is 0 Å². The fourth-order valence-electron chi connectivity index (χ4n) is 1.77. The second kappa shape index (κ2) is 6.18. The molecule has 0 spiro atoms. The molecule has 0 atom stereocenters. The van der Waals surface area contributed by atoms with E-state index in [1.54, 1.807) is 18.2 Å². The summed E-state index contributed by atoms with van der Waals surface area (Å²) in [5, 5.41) is 0. The van der Waals surface area contributed by atoms with Crippen molar-refractivity contribution >= 4 is 9.84 Å². The van der Waals surface area contributed by atoms with Crippen molar-refractivity contribution in [2.24, 2.45) is 0 Å². The summed E-state index contributed by atoms with van der Waals surface area (Å²) in [7, 11) is -3.19. The zero-order chi connectivity index (χ0) is 15.5. The maximum atomic E-state index is 11.4. The van der Waals surface area contributed by atoms with Gasteiger partial charge in [0.15, 0.2) is 9.84 Å². The van der Waals surface area contributed by atoms with E-state index in [9.17, 15) is 8.42 Å². The molecule has 0 aliphatic carbocycles. The summed E-state index contributed by atoms with van der Waals surface area (Å²) in [6.07, 6.45) is 1.27. The van der Waals surface area contributed by atoms with Crippen LogP contribution in [0.5, 0.6) is 17.2 Å². The number of benzene rings is 2. The minimum atomic E-state index is -3.19. The van der Waals surface area contributed by atoms with E-state index >= 15 is 0 Å². The smallest absolute Gasteiger partial charge is 0.175 e. The summed E-state index contributed by atoms with van der Waals surface area (Å²) in [6.45, 7) is 3.91. The Morgan fingerprint density at radius 1 is 0.905 bits per heavy atom. The highest BCUT2D eigenvalue weighted by Crippen LogP contribution is 2.26. The van der Waals surface area contributed by atoms with Crippen molar-refractivity contribution in [1.29, 1.82) is 0 Å². The summed E-state index contributed by atoms with van der Waals surface area (Å²) in [4.78, 5) is 0.270. The van der Waals surface area contributed by atoms with Crippen LogP contribution >= 0.6 is 0 Å². The Hall–Kier alpha value is -2.01. The van der Waals surface area contributed by atoms with E-state index in [1.807, 2.05) is 32.0 Å². The van der Waals surface area contributed by atoms with Gasteiger partial charge in [0.1, 0.15) is 17.2 Å². The summed E-state index contributed by atoms with van der Waals surface area (Å²) in [5.74, 6) is 1.94. The van der Waals surface area contributed by atoms with Crippen LogP contribution in [0.2, 0.25) is 0 Å². The molecule has 0 heterocycles. The van der Waals surface area contributed by atoms with Gasteiger partial charge >= 0.3 is 0 Å². The standard InChI is InChI=1S/C16H18O4S/c1-12(2)19-14-5-4-6-15(11-14)20-13-7-9-16(10-8-13)21(3,17)18/h4-12H,1-3H3. The van der Waals surface area contributed by atoms with Crippen LogP contribution < -0.4 is 9.47 Å². The fourth-order valence-corrected chi connectivity index (χ4v) is 2.40. The van der Waals surface area contributed by atoms with Crippen molar-refractivity contribution in [2.45, 2.75) is 24.8 Å². The topological polar surface area (TPSA) is 52.6 Å². The van der Waals surface area contributed by atoms with Gasteiger partial charge in [-0.2, -0.15) is 0 Å². The van der Waals surface area contributed by atoms with Gasteiger partial charge < -0.3 is 9.47 Å². The van der Waals surface area contributed by atoms with Gasteiger partial charge in [-0.1, -0.05) is 6.07 Å². The van der Waals surface area contributed by atoms with Crippen molar-refractivity contribution in [2.75, 3.05) is 6.26 Å². The number of ether oxygens (including phenoxy) is 2. The number of hydrogen-bond acceptors (Lipinski definition) is 4. The minimum Gasteiger partial charge on any atom is -0.491 e. The Kier molecular flexibility index (Phi) is 4.53. The highest BCUT2D eigenvalue weighted by Gasteiger charge is 2.07. The van der Waals surface area contributed by atoms with E-state index in [-0.39, 0.29) is 11.0 Å². The zero-order valence-corrected chi connectivity index (χ0v) is 13.1. The van der Waals surface area contributed by atoms with Gasteiger partial charge in [-0.05, 0) is 50.2 Å². The molecule has 2 rings (SSSR count). The largest absolute Gasteiger partial charge is 0.491 e. The van der Waals surface area contributed by atoms with Crippen molar-refractivity contribution < 1.29 is 17.9 Å². The predicted molar refractivity (Wildman–Crippen MR) is 81.8 cm³/mol. The Labute approximate surface area is 125 Å². The van der Waals surface area contributed by atoms with Crippen molar-refractivity contribution in [3.05, 3.63) is 48.5 Å². The molecule has 0 radical (unpaired) electrons. The molecule has 0 unspecified atom stereocenters. The maximum absolute atomic E-state index is 11.4. The van der Waals surface area contributed by atoms with E-state index in [0.29, 0.717) is 11.5 Å². The molecule has 0 aliphatic heterocycles. The normalized spacial score (nSPS) is 11.4. The van der Waals surface area contributed by atoms with Crippen LogP contribution in [0, 0.1) is 0 Å². The Morgan fingerprint density at radius 2 is 1.52 bits per heavy atom. The van der Waals surface area contributed by atoms with Crippen LogP contribution in [0.25, 0.3) is 0 Å². The van der Waals surface area contributed by atoms with Crippen LogP contribution in [0.4, 0.5) is 0 Å². The van der Waals surface area contributed by atoms with E-state index < -0.39 is 9.84 Å². The molecule has 112 valence electrons. The first-order chi connectivity index (χ1) is 9.84. The first-order valence-electron chi connectivity index (χ1n) is 6.59. The maximum Gasteiger partial charge on any atom is 0.175 e. The quantitative estimate of drug-likeness (QED) is 0.845. The van der Waals surface area contributed by atoms with Crippen molar-refractivity contribution in [3.63, 3.8) is 0 Å². The van der Waals surface area contributed by atoms with Crippen molar-refractivity contribution in [3.8, 4) is 17.2 Å². The van der Waals surface area contributed by atoms with E-state index in [4.69, 9.17) is 9.47 Å². The van der Waals surface area contributed by atoms with Crippen LogP contribution in [0.15, 0.2) is 53.4 Å². The van der Waals surface area contributed by atoms with Crippen LogP contribution in [0.3, 0.4) is 0 Å². The monoisotopic (exact) mass is 306 g/mol. The van der Waals surface area contributed by atoms with Crippen LogP contribution in [-0.4, -0.2) is 20.8 Å². The molecule has 0 aliphatic rings. The fraction of sp³-hybridized carbons (Fsp3) is 0.250. The van der Waals surface area contributed by atoms with Gasteiger partial charge in [-0.3, -0.25) is 0 Å². The molecule has 21 heavy (non-hydrogen) atoms. The second-order valence-corrected chi connectivity index (χ2v) is 7.00. The SMILES string of the molecule is CC(C)Oc1cccc(Oc2ccc(S(C)(=O)=O)cc2)c1. The first kappa shape index (κ1) is 15.4. The molecule has 0 fully saturated rings. The molecule has 0 amide bonds. The number of sulfone groups is 1. The molecule has 0 aromatic heterocycles.